The molecule has 0 bridgehead atoms. The Kier molecular flexibility index (Phi) is 5.93. The molecule has 0 spiro atoms. The van der Waals surface area contributed by atoms with E-state index in [1.807, 2.05) is 0 Å². The van der Waals surface area contributed by atoms with Crippen molar-refractivity contribution in [2.75, 3.05) is 20.1 Å². The molecule has 3 nitrogen and oxygen atoms in total. The summed E-state index contributed by atoms with van der Waals surface area (Å²) < 4.78 is 0. The summed E-state index contributed by atoms with van der Waals surface area (Å²) in [4.78, 5) is 2.55. The number of rotatable bonds is 6. The van der Waals surface area contributed by atoms with Crippen molar-refractivity contribution in [1.29, 1.82) is 0 Å². The Hall–Kier alpha value is -0.120. The summed E-state index contributed by atoms with van der Waals surface area (Å²) >= 11 is 0. The quantitative estimate of drug-likeness (QED) is 0.713. The maximum absolute atomic E-state index is 9.73. The Morgan fingerprint density at radius 2 is 1.83 bits per heavy atom. The number of hydrogen-bond donors (Lipinski definition) is 2. The highest BCUT2D eigenvalue weighted by Crippen LogP contribution is 2.21. The third kappa shape index (κ3) is 4.22. The Labute approximate surface area is 112 Å². The van der Waals surface area contributed by atoms with Crippen molar-refractivity contribution in [3.63, 3.8) is 0 Å². The lowest BCUT2D eigenvalue weighted by Crippen LogP contribution is -2.39. The molecule has 2 N–H and O–H groups in total. The molecule has 0 aliphatic heterocycles. The molecule has 106 valence electrons. The Balaban J connectivity index is 1.54. The van der Waals surface area contributed by atoms with E-state index >= 15 is 0 Å². The molecular formula is C15H30N2O. The zero-order valence-corrected chi connectivity index (χ0v) is 11.9. The van der Waals surface area contributed by atoms with Crippen LogP contribution in [0.2, 0.25) is 0 Å². The topological polar surface area (TPSA) is 35.5 Å². The summed E-state index contributed by atoms with van der Waals surface area (Å²) in [6, 6.07) is 1.20. The van der Waals surface area contributed by atoms with Crippen LogP contribution in [0.1, 0.15) is 57.8 Å². The first kappa shape index (κ1) is 14.3. The van der Waals surface area contributed by atoms with Gasteiger partial charge in [0.15, 0.2) is 0 Å². The number of aliphatic hydroxyl groups is 1. The largest absolute Gasteiger partial charge is 0.392 e. The van der Waals surface area contributed by atoms with Crippen LogP contribution in [-0.4, -0.2) is 48.3 Å². The van der Waals surface area contributed by atoms with Crippen molar-refractivity contribution in [3.05, 3.63) is 0 Å². The highest BCUT2D eigenvalue weighted by molar-refractivity contribution is 4.82. The average Bonchev–Trinajstić information content (AvgIpc) is 2.81. The number of nitrogens with zero attached hydrogens (tertiary/aromatic N) is 1. The van der Waals surface area contributed by atoms with Gasteiger partial charge in [0.1, 0.15) is 0 Å². The summed E-state index contributed by atoms with van der Waals surface area (Å²) in [6.07, 6.45) is 11.5. The smallest absolute Gasteiger partial charge is 0.0693 e. The maximum Gasteiger partial charge on any atom is 0.0693 e. The molecule has 0 unspecified atom stereocenters. The monoisotopic (exact) mass is 254 g/mol. The van der Waals surface area contributed by atoms with Gasteiger partial charge in [0.05, 0.1) is 6.10 Å². The molecule has 2 atom stereocenters. The van der Waals surface area contributed by atoms with Crippen molar-refractivity contribution >= 4 is 0 Å². The van der Waals surface area contributed by atoms with Crippen LogP contribution in [0.4, 0.5) is 0 Å². The standard InChI is InChI=1S/C15H30N2O/c1-17(13-7-3-2-4-8-13)12-6-11-16-14-9-5-10-15(14)18/h13-16,18H,2-12H2,1H3/t14-,15-/m0/s1. The molecule has 3 heteroatoms. The second-order valence-corrected chi connectivity index (χ2v) is 6.18. The molecule has 2 aliphatic carbocycles. The van der Waals surface area contributed by atoms with Gasteiger partial charge in [-0.15, -0.1) is 0 Å². The molecule has 2 rings (SSSR count). The molecule has 0 aromatic carbocycles. The summed E-state index contributed by atoms with van der Waals surface area (Å²) in [6.45, 7) is 2.25. The van der Waals surface area contributed by atoms with Gasteiger partial charge in [0.2, 0.25) is 0 Å². The summed E-state index contributed by atoms with van der Waals surface area (Å²) in [5.74, 6) is 0. The van der Waals surface area contributed by atoms with Crippen LogP contribution >= 0.6 is 0 Å². The Morgan fingerprint density at radius 3 is 2.50 bits per heavy atom. The van der Waals surface area contributed by atoms with Gasteiger partial charge < -0.3 is 15.3 Å². The molecule has 0 radical (unpaired) electrons. The first-order valence-corrected chi connectivity index (χ1v) is 7.89. The van der Waals surface area contributed by atoms with E-state index in [1.165, 1.54) is 51.5 Å². The van der Waals surface area contributed by atoms with Gasteiger partial charge in [-0.25, -0.2) is 0 Å². The van der Waals surface area contributed by atoms with Crippen LogP contribution in [0.5, 0.6) is 0 Å². The molecule has 0 aromatic heterocycles. The second-order valence-electron chi connectivity index (χ2n) is 6.18. The van der Waals surface area contributed by atoms with E-state index in [1.54, 1.807) is 0 Å². The number of aliphatic hydroxyl groups excluding tert-OH is 1. The number of hydrogen-bond acceptors (Lipinski definition) is 3. The van der Waals surface area contributed by atoms with Crippen LogP contribution in [0.25, 0.3) is 0 Å². The lowest BCUT2D eigenvalue weighted by Gasteiger charge is -2.31. The molecule has 2 aliphatic rings. The third-order valence-electron chi connectivity index (χ3n) is 4.77. The molecule has 0 amide bonds. The normalized spacial score (nSPS) is 30.2. The summed E-state index contributed by atoms with van der Waals surface area (Å²) in [5.41, 5.74) is 0. The predicted octanol–water partition coefficient (Wildman–Crippen LogP) is 2.14. The third-order valence-corrected chi connectivity index (χ3v) is 4.77. The first-order valence-electron chi connectivity index (χ1n) is 7.89. The number of nitrogens with one attached hydrogen (secondary N) is 1. The van der Waals surface area contributed by atoms with Crippen molar-refractivity contribution in [1.82, 2.24) is 10.2 Å². The van der Waals surface area contributed by atoms with E-state index in [0.29, 0.717) is 6.04 Å². The van der Waals surface area contributed by atoms with E-state index in [-0.39, 0.29) is 6.10 Å². The van der Waals surface area contributed by atoms with E-state index in [9.17, 15) is 5.11 Å². The fourth-order valence-electron chi connectivity index (χ4n) is 3.50. The lowest BCUT2D eigenvalue weighted by molar-refractivity contribution is 0.146. The zero-order valence-electron chi connectivity index (χ0n) is 11.9. The van der Waals surface area contributed by atoms with E-state index < -0.39 is 0 Å². The van der Waals surface area contributed by atoms with Gasteiger partial charge in [0, 0.05) is 12.1 Å². The molecular weight excluding hydrogens is 224 g/mol. The Bertz CT molecular complexity index is 229. The lowest BCUT2D eigenvalue weighted by atomic mass is 9.94. The molecule has 0 heterocycles. The Morgan fingerprint density at radius 1 is 1.06 bits per heavy atom. The molecule has 0 saturated heterocycles. The second kappa shape index (κ2) is 7.46. The molecule has 0 aromatic rings. The van der Waals surface area contributed by atoms with Crippen LogP contribution < -0.4 is 5.32 Å². The minimum atomic E-state index is -0.0962. The van der Waals surface area contributed by atoms with Crippen LogP contribution in [0.15, 0.2) is 0 Å². The molecule has 18 heavy (non-hydrogen) atoms. The molecule has 2 fully saturated rings. The van der Waals surface area contributed by atoms with Gasteiger partial charge >= 0.3 is 0 Å². The van der Waals surface area contributed by atoms with E-state index in [0.717, 1.165) is 25.4 Å². The van der Waals surface area contributed by atoms with Gasteiger partial charge in [-0.3, -0.25) is 0 Å². The maximum atomic E-state index is 9.73. The van der Waals surface area contributed by atoms with Crippen molar-refractivity contribution in [3.8, 4) is 0 Å². The van der Waals surface area contributed by atoms with Gasteiger partial charge in [0.25, 0.3) is 0 Å². The molecule has 2 saturated carbocycles. The summed E-state index contributed by atoms with van der Waals surface area (Å²) in [5, 5.41) is 13.2. The van der Waals surface area contributed by atoms with Gasteiger partial charge in [-0.1, -0.05) is 19.3 Å². The highest BCUT2D eigenvalue weighted by atomic mass is 16.3. The zero-order chi connectivity index (χ0) is 12.8. The fourth-order valence-corrected chi connectivity index (χ4v) is 3.50. The van der Waals surface area contributed by atoms with Crippen LogP contribution in [0, 0.1) is 0 Å². The summed E-state index contributed by atoms with van der Waals surface area (Å²) in [7, 11) is 2.28. The van der Waals surface area contributed by atoms with Crippen LogP contribution in [-0.2, 0) is 0 Å². The minimum absolute atomic E-state index is 0.0962. The first-order chi connectivity index (χ1) is 8.77. The SMILES string of the molecule is CN(CCCN[C@H]1CCC[C@@H]1O)C1CCCCC1. The van der Waals surface area contributed by atoms with E-state index in [4.69, 9.17) is 0 Å². The fraction of sp³-hybridized carbons (Fsp3) is 1.00. The van der Waals surface area contributed by atoms with Gasteiger partial charge in [-0.2, -0.15) is 0 Å². The predicted molar refractivity (Wildman–Crippen MR) is 75.8 cm³/mol. The highest BCUT2D eigenvalue weighted by Gasteiger charge is 2.24. The van der Waals surface area contributed by atoms with Crippen molar-refractivity contribution < 1.29 is 5.11 Å². The average molecular weight is 254 g/mol. The van der Waals surface area contributed by atoms with Crippen molar-refractivity contribution in [2.45, 2.75) is 76.0 Å². The van der Waals surface area contributed by atoms with Gasteiger partial charge in [-0.05, 0) is 58.7 Å². The van der Waals surface area contributed by atoms with Crippen LogP contribution in [0.3, 0.4) is 0 Å². The van der Waals surface area contributed by atoms with E-state index in [2.05, 4.69) is 17.3 Å². The van der Waals surface area contributed by atoms with Crippen molar-refractivity contribution in [2.24, 2.45) is 0 Å². The minimum Gasteiger partial charge on any atom is -0.392 e.